The van der Waals surface area contributed by atoms with Gasteiger partial charge in [-0.15, -0.1) is 6.58 Å². The minimum atomic E-state index is 0.723. The summed E-state index contributed by atoms with van der Waals surface area (Å²) < 4.78 is 5.06. The molecular formula is C17H24N2O. The van der Waals surface area contributed by atoms with Gasteiger partial charge in [0.2, 0.25) is 0 Å². The Kier molecular flexibility index (Phi) is 8.37. The van der Waals surface area contributed by atoms with E-state index in [0.29, 0.717) is 0 Å². The first-order valence-corrected chi connectivity index (χ1v) is 7.11. The zero-order valence-corrected chi connectivity index (χ0v) is 12.3. The molecule has 0 N–H and O–H groups in total. The largest absolute Gasteiger partial charge is 0.385 e. The van der Waals surface area contributed by atoms with Gasteiger partial charge in [-0.1, -0.05) is 18.2 Å². The Bertz CT molecular complexity index is 437. The van der Waals surface area contributed by atoms with Crippen LogP contribution in [0.2, 0.25) is 0 Å². The summed E-state index contributed by atoms with van der Waals surface area (Å²) in [6.45, 7) is 7.45. The lowest BCUT2D eigenvalue weighted by molar-refractivity contribution is 0.189. The lowest BCUT2D eigenvalue weighted by Crippen LogP contribution is -2.24. The zero-order chi connectivity index (χ0) is 14.6. The standard InChI is InChI=1S/C17H24N2O/c1-3-10-19(11-5-4-6-12-20-2)15-17-9-7-8-16(13-17)14-18/h3,7-9,13H,1,4-6,10-12,15H2,2H3. The fourth-order valence-corrected chi connectivity index (χ4v) is 2.17. The molecule has 0 radical (unpaired) electrons. The third-order valence-corrected chi connectivity index (χ3v) is 3.17. The van der Waals surface area contributed by atoms with Crippen molar-refractivity contribution in [2.24, 2.45) is 0 Å². The van der Waals surface area contributed by atoms with Crippen molar-refractivity contribution in [2.45, 2.75) is 25.8 Å². The van der Waals surface area contributed by atoms with Crippen LogP contribution in [0.15, 0.2) is 36.9 Å². The van der Waals surface area contributed by atoms with Crippen molar-refractivity contribution in [1.82, 2.24) is 4.90 Å². The molecule has 0 aliphatic heterocycles. The molecule has 0 saturated heterocycles. The molecule has 1 rings (SSSR count). The Morgan fingerprint density at radius 1 is 1.35 bits per heavy atom. The summed E-state index contributed by atoms with van der Waals surface area (Å²) in [4.78, 5) is 2.36. The molecule has 0 fully saturated rings. The molecular weight excluding hydrogens is 248 g/mol. The number of nitrogens with zero attached hydrogens (tertiary/aromatic N) is 2. The van der Waals surface area contributed by atoms with Gasteiger partial charge < -0.3 is 4.74 Å². The predicted molar refractivity (Wildman–Crippen MR) is 82.4 cm³/mol. The van der Waals surface area contributed by atoms with E-state index in [9.17, 15) is 0 Å². The molecule has 3 nitrogen and oxygen atoms in total. The van der Waals surface area contributed by atoms with E-state index in [1.807, 2.05) is 24.3 Å². The van der Waals surface area contributed by atoms with Crippen LogP contribution >= 0.6 is 0 Å². The second-order valence-corrected chi connectivity index (χ2v) is 4.89. The summed E-state index contributed by atoms with van der Waals surface area (Å²) in [6, 6.07) is 10.00. The van der Waals surface area contributed by atoms with E-state index in [1.54, 1.807) is 7.11 Å². The lowest BCUT2D eigenvalue weighted by atomic mass is 10.1. The quantitative estimate of drug-likeness (QED) is 0.484. The van der Waals surface area contributed by atoms with E-state index < -0.39 is 0 Å². The summed E-state index contributed by atoms with van der Waals surface area (Å²) in [5.74, 6) is 0. The lowest BCUT2D eigenvalue weighted by Gasteiger charge is -2.20. The maximum absolute atomic E-state index is 8.93. The van der Waals surface area contributed by atoms with Crippen molar-refractivity contribution < 1.29 is 4.74 Å². The highest BCUT2D eigenvalue weighted by atomic mass is 16.5. The van der Waals surface area contributed by atoms with E-state index >= 15 is 0 Å². The Balaban J connectivity index is 2.45. The number of ether oxygens (including phenoxy) is 1. The molecule has 108 valence electrons. The molecule has 0 spiro atoms. The molecule has 0 aliphatic carbocycles. The molecule has 0 amide bonds. The van der Waals surface area contributed by atoms with E-state index in [1.165, 1.54) is 12.0 Å². The molecule has 3 heteroatoms. The summed E-state index contributed by atoms with van der Waals surface area (Å²) in [5.41, 5.74) is 1.91. The van der Waals surface area contributed by atoms with Crippen molar-refractivity contribution in [3.8, 4) is 6.07 Å². The van der Waals surface area contributed by atoms with Gasteiger partial charge in [0.1, 0.15) is 0 Å². The maximum atomic E-state index is 8.93. The van der Waals surface area contributed by atoms with Gasteiger partial charge in [0, 0.05) is 26.8 Å². The molecule has 1 aromatic rings. The molecule has 0 aromatic heterocycles. The minimum absolute atomic E-state index is 0.723. The molecule has 0 unspecified atom stereocenters. The van der Waals surface area contributed by atoms with Gasteiger partial charge in [0.15, 0.2) is 0 Å². The normalized spacial score (nSPS) is 10.4. The highest BCUT2D eigenvalue weighted by Crippen LogP contribution is 2.09. The van der Waals surface area contributed by atoms with Crippen LogP contribution < -0.4 is 0 Å². The van der Waals surface area contributed by atoms with Gasteiger partial charge >= 0.3 is 0 Å². The van der Waals surface area contributed by atoms with E-state index in [0.717, 1.165) is 44.6 Å². The van der Waals surface area contributed by atoms with Gasteiger partial charge in [-0.2, -0.15) is 5.26 Å². The number of nitriles is 1. The smallest absolute Gasteiger partial charge is 0.0991 e. The van der Waals surface area contributed by atoms with Crippen LogP contribution in [-0.2, 0) is 11.3 Å². The van der Waals surface area contributed by atoms with Crippen LogP contribution in [0.4, 0.5) is 0 Å². The predicted octanol–water partition coefficient (Wildman–Crippen LogP) is 3.36. The number of methoxy groups -OCH3 is 1. The topological polar surface area (TPSA) is 36.3 Å². The van der Waals surface area contributed by atoms with E-state index in [-0.39, 0.29) is 0 Å². The Hall–Kier alpha value is -1.63. The highest BCUT2D eigenvalue weighted by Gasteiger charge is 2.05. The fourth-order valence-electron chi connectivity index (χ4n) is 2.17. The average Bonchev–Trinajstić information content (AvgIpc) is 2.47. The number of unbranched alkanes of at least 4 members (excludes halogenated alkanes) is 2. The van der Waals surface area contributed by atoms with Crippen LogP contribution in [0.1, 0.15) is 30.4 Å². The second kappa shape index (κ2) is 10.2. The SMILES string of the molecule is C=CCN(CCCCCOC)Cc1cccc(C#N)c1. The monoisotopic (exact) mass is 272 g/mol. The Morgan fingerprint density at radius 3 is 2.90 bits per heavy atom. The Morgan fingerprint density at radius 2 is 2.20 bits per heavy atom. The molecule has 0 heterocycles. The maximum Gasteiger partial charge on any atom is 0.0991 e. The van der Waals surface area contributed by atoms with Crippen molar-refractivity contribution >= 4 is 0 Å². The first-order chi connectivity index (χ1) is 9.80. The van der Waals surface area contributed by atoms with Crippen molar-refractivity contribution in [3.63, 3.8) is 0 Å². The number of benzene rings is 1. The van der Waals surface area contributed by atoms with Crippen LogP contribution in [-0.4, -0.2) is 31.7 Å². The van der Waals surface area contributed by atoms with Gasteiger partial charge in [0.05, 0.1) is 11.6 Å². The van der Waals surface area contributed by atoms with Crippen molar-refractivity contribution in [2.75, 3.05) is 26.8 Å². The first kappa shape index (κ1) is 16.4. The van der Waals surface area contributed by atoms with Crippen LogP contribution in [0.5, 0.6) is 0 Å². The van der Waals surface area contributed by atoms with Crippen LogP contribution in [0.3, 0.4) is 0 Å². The highest BCUT2D eigenvalue weighted by molar-refractivity contribution is 5.32. The minimum Gasteiger partial charge on any atom is -0.385 e. The summed E-state index contributed by atoms with van der Waals surface area (Å²) in [7, 11) is 1.74. The van der Waals surface area contributed by atoms with Gasteiger partial charge in [-0.25, -0.2) is 0 Å². The summed E-state index contributed by atoms with van der Waals surface area (Å²) in [5, 5.41) is 8.93. The molecule has 20 heavy (non-hydrogen) atoms. The Labute approximate surface area is 122 Å². The van der Waals surface area contributed by atoms with Gasteiger partial charge in [-0.3, -0.25) is 4.90 Å². The summed E-state index contributed by atoms with van der Waals surface area (Å²) >= 11 is 0. The molecule has 0 saturated carbocycles. The van der Waals surface area contributed by atoms with Gasteiger partial charge in [-0.05, 0) is 43.5 Å². The molecule has 1 aromatic carbocycles. The second-order valence-electron chi connectivity index (χ2n) is 4.89. The van der Waals surface area contributed by atoms with E-state index in [2.05, 4.69) is 23.6 Å². The van der Waals surface area contributed by atoms with Crippen LogP contribution in [0, 0.1) is 11.3 Å². The fraction of sp³-hybridized carbons (Fsp3) is 0.471. The average molecular weight is 272 g/mol. The molecule has 0 atom stereocenters. The van der Waals surface area contributed by atoms with Gasteiger partial charge in [0.25, 0.3) is 0 Å². The first-order valence-electron chi connectivity index (χ1n) is 7.11. The molecule has 0 aliphatic rings. The summed E-state index contributed by atoms with van der Waals surface area (Å²) in [6.07, 6.45) is 5.39. The third kappa shape index (κ3) is 6.51. The number of rotatable bonds is 10. The van der Waals surface area contributed by atoms with Crippen molar-refractivity contribution in [1.29, 1.82) is 5.26 Å². The van der Waals surface area contributed by atoms with Crippen LogP contribution in [0.25, 0.3) is 0 Å². The van der Waals surface area contributed by atoms with E-state index in [4.69, 9.17) is 10.00 Å². The molecule has 0 bridgehead atoms. The number of hydrogen-bond donors (Lipinski definition) is 0. The zero-order valence-electron chi connectivity index (χ0n) is 12.3. The third-order valence-electron chi connectivity index (χ3n) is 3.17. The number of hydrogen-bond acceptors (Lipinski definition) is 3. The van der Waals surface area contributed by atoms with Crippen molar-refractivity contribution in [3.05, 3.63) is 48.0 Å².